The van der Waals surface area contributed by atoms with E-state index in [-0.39, 0.29) is 23.9 Å². The van der Waals surface area contributed by atoms with Crippen LogP contribution < -0.4 is 10.9 Å². The van der Waals surface area contributed by atoms with Crippen molar-refractivity contribution in [2.75, 3.05) is 0 Å². The van der Waals surface area contributed by atoms with Crippen LogP contribution in [0.15, 0.2) is 89.7 Å². The Morgan fingerprint density at radius 3 is 2.25 bits per heavy atom. The standard InChI is InChI=1S/C27H27N3O2/c1-30-27(32)23-17-9-8-16-22(23)25(29-30)19-26(31)28-24(21-14-6-3-7-15-21)18-10-13-20-11-4-2-5-12-20/h2-9,11-12,14-17,24H,10,13,18-19H2,1H3,(H,28,31). The van der Waals surface area contributed by atoms with Gasteiger partial charge in [-0.05, 0) is 36.5 Å². The van der Waals surface area contributed by atoms with E-state index in [1.807, 2.05) is 54.6 Å². The Kier molecular flexibility index (Phi) is 6.75. The summed E-state index contributed by atoms with van der Waals surface area (Å²) in [5.74, 6) is -0.102. The highest BCUT2D eigenvalue weighted by Crippen LogP contribution is 2.21. The molecule has 0 bridgehead atoms. The van der Waals surface area contributed by atoms with Crippen molar-refractivity contribution < 1.29 is 4.79 Å². The summed E-state index contributed by atoms with van der Waals surface area (Å²) >= 11 is 0. The maximum atomic E-state index is 13.0. The Bertz CT molecular complexity index is 1250. The molecule has 1 aromatic heterocycles. The molecule has 5 nitrogen and oxygen atoms in total. The molecule has 0 saturated carbocycles. The molecule has 1 atom stereocenters. The topological polar surface area (TPSA) is 64.0 Å². The van der Waals surface area contributed by atoms with Gasteiger partial charge in [0.05, 0.1) is 23.5 Å². The molecule has 1 amide bonds. The maximum Gasteiger partial charge on any atom is 0.274 e. The van der Waals surface area contributed by atoms with Gasteiger partial charge >= 0.3 is 0 Å². The van der Waals surface area contributed by atoms with Crippen LogP contribution in [0.1, 0.15) is 35.7 Å². The minimum atomic E-state index is -0.159. The molecular formula is C27H27N3O2. The summed E-state index contributed by atoms with van der Waals surface area (Å²) in [5.41, 5.74) is 2.84. The third kappa shape index (κ3) is 5.11. The highest BCUT2D eigenvalue weighted by Gasteiger charge is 2.17. The first-order valence-electron chi connectivity index (χ1n) is 10.9. The van der Waals surface area contributed by atoms with E-state index < -0.39 is 0 Å². The van der Waals surface area contributed by atoms with Crippen molar-refractivity contribution in [3.63, 3.8) is 0 Å². The van der Waals surface area contributed by atoms with Crippen LogP contribution in [0.25, 0.3) is 10.8 Å². The highest BCUT2D eigenvalue weighted by atomic mass is 16.1. The Hall–Kier alpha value is -3.73. The molecule has 4 aromatic rings. The van der Waals surface area contributed by atoms with E-state index in [4.69, 9.17) is 0 Å². The van der Waals surface area contributed by atoms with Crippen LogP contribution in [0, 0.1) is 0 Å². The van der Waals surface area contributed by atoms with Crippen molar-refractivity contribution in [1.29, 1.82) is 0 Å². The average Bonchev–Trinajstić information content (AvgIpc) is 2.83. The zero-order chi connectivity index (χ0) is 22.3. The lowest BCUT2D eigenvalue weighted by molar-refractivity contribution is -0.121. The van der Waals surface area contributed by atoms with Crippen molar-refractivity contribution in [1.82, 2.24) is 15.1 Å². The largest absolute Gasteiger partial charge is 0.349 e. The van der Waals surface area contributed by atoms with Crippen molar-refractivity contribution in [3.8, 4) is 0 Å². The molecule has 32 heavy (non-hydrogen) atoms. The molecule has 0 aliphatic heterocycles. The summed E-state index contributed by atoms with van der Waals surface area (Å²) in [5, 5.41) is 8.87. The normalized spacial score (nSPS) is 11.9. The fourth-order valence-corrected chi connectivity index (χ4v) is 4.07. The zero-order valence-corrected chi connectivity index (χ0v) is 18.2. The van der Waals surface area contributed by atoms with E-state index >= 15 is 0 Å². The number of hydrogen-bond acceptors (Lipinski definition) is 3. The first-order chi connectivity index (χ1) is 15.6. The van der Waals surface area contributed by atoms with E-state index in [2.05, 4.69) is 34.7 Å². The smallest absolute Gasteiger partial charge is 0.274 e. The number of nitrogens with zero attached hydrogens (tertiary/aromatic N) is 2. The monoisotopic (exact) mass is 425 g/mol. The summed E-state index contributed by atoms with van der Waals surface area (Å²) in [4.78, 5) is 25.4. The number of fused-ring (bicyclic) bond motifs is 1. The van der Waals surface area contributed by atoms with Crippen LogP contribution >= 0.6 is 0 Å². The van der Waals surface area contributed by atoms with Crippen LogP contribution in [-0.4, -0.2) is 15.7 Å². The number of carbonyl (C=O) groups is 1. The van der Waals surface area contributed by atoms with Crippen molar-refractivity contribution in [2.24, 2.45) is 7.05 Å². The summed E-state index contributed by atoms with van der Waals surface area (Å²) < 4.78 is 1.31. The second-order valence-electron chi connectivity index (χ2n) is 8.01. The van der Waals surface area contributed by atoms with Gasteiger partial charge < -0.3 is 5.32 Å². The summed E-state index contributed by atoms with van der Waals surface area (Å²) in [6.07, 6.45) is 2.89. The predicted octanol–water partition coefficient (Wildman–Crippen LogP) is 4.36. The Labute approximate surface area is 187 Å². The van der Waals surface area contributed by atoms with Gasteiger partial charge in [0.25, 0.3) is 5.56 Å². The summed E-state index contributed by atoms with van der Waals surface area (Å²) in [7, 11) is 1.62. The molecule has 0 aliphatic rings. The second-order valence-corrected chi connectivity index (χ2v) is 8.01. The molecule has 5 heteroatoms. The van der Waals surface area contributed by atoms with Gasteiger partial charge in [-0.15, -0.1) is 0 Å². The van der Waals surface area contributed by atoms with Gasteiger partial charge in [0.15, 0.2) is 0 Å². The lowest BCUT2D eigenvalue weighted by Gasteiger charge is -2.20. The number of hydrogen-bond donors (Lipinski definition) is 1. The summed E-state index contributed by atoms with van der Waals surface area (Å²) in [6, 6.07) is 27.7. The molecule has 0 saturated heterocycles. The third-order valence-electron chi connectivity index (χ3n) is 5.70. The number of carbonyl (C=O) groups excluding carboxylic acids is 1. The van der Waals surface area contributed by atoms with E-state index in [9.17, 15) is 9.59 Å². The van der Waals surface area contributed by atoms with E-state index in [0.717, 1.165) is 30.2 Å². The Morgan fingerprint density at radius 2 is 1.53 bits per heavy atom. The minimum absolute atomic E-state index is 0.0776. The number of amides is 1. The van der Waals surface area contributed by atoms with Crippen molar-refractivity contribution in [3.05, 3.63) is 112 Å². The molecule has 0 radical (unpaired) electrons. The quantitative estimate of drug-likeness (QED) is 0.456. The minimum Gasteiger partial charge on any atom is -0.349 e. The average molecular weight is 426 g/mol. The molecule has 1 unspecified atom stereocenters. The van der Waals surface area contributed by atoms with Gasteiger partial charge in [0, 0.05) is 12.4 Å². The van der Waals surface area contributed by atoms with Gasteiger partial charge in [0.1, 0.15) is 0 Å². The van der Waals surface area contributed by atoms with Gasteiger partial charge in [-0.1, -0.05) is 78.9 Å². The van der Waals surface area contributed by atoms with Gasteiger partial charge in [-0.3, -0.25) is 9.59 Å². The van der Waals surface area contributed by atoms with Crippen LogP contribution in [0.3, 0.4) is 0 Å². The number of rotatable bonds is 8. The molecule has 3 aromatic carbocycles. The van der Waals surface area contributed by atoms with E-state index in [1.165, 1.54) is 10.2 Å². The number of benzene rings is 3. The van der Waals surface area contributed by atoms with Gasteiger partial charge in [-0.25, -0.2) is 4.68 Å². The van der Waals surface area contributed by atoms with Crippen LogP contribution in [0.4, 0.5) is 0 Å². The van der Waals surface area contributed by atoms with E-state index in [1.54, 1.807) is 13.1 Å². The van der Waals surface area contributed by atoms with Crippen molar-refractivity contribution >= 4 is 16.7 Å². The third-order valence-corrected chi connectivity index (χ3v) is 5.70. The molecular weight excluding hydrogens is 398 g/mol. The molecule has 0 fully saturated rings. The van der Waals surface area contributed by atoms with Crippen LogP contribution in [-0.2, 0) is 24.7 Å². The van der Waals surface area contributed by atoms with Gasteiger partial charge in [-0.2, -0.15) is 5.10 Å². The molecule has 0 spiro atoms. The summed E-state index contributed by atoms with van der Waals surface area (Å²) in [6.45, 7) is 0. The van der Waals surface area contributed by atoms with Crippen LogP contribution in [0.2, 0.25) is 0 Å². The first-order valence-corrected chi connectivity index (χ1v) is 10.9. The second kappa shape index (κ2) is 10.1. The maximum absolute atomic E-state index is 13.0. The molecule has 162 valence electrons. The first kappa shape index (κ1) is 21.5. The Balaban J connectivity index is 1.50. The fraction of sp³-hybridized carbons (Fsp3) is 0.222. The lowest BCUT2D eigenvalue weighted by Crippen LogP contribution is -2.31. The SMILES string of the molecule is Cn1nc(CC(=O)NC(CCCc2ccccc2)c2ccccc2)c2ccccc2c1=O. The highest BCUT2D eigenvalue weighted by molar-refractivity contribution is 5.88. The van der Waals surface area contributed by atoms with Crippen LogP contribution in [0.5, 0.6) is 0 Å². The number of aromatic nitrogens is 2. The fourth-order valence-electron chi connectivity index (χ4n) is 4.07. The molecule has 1 N–H and O–H groups in total. The molecule has 1 heterocycles. The lowest BCUT2D eigenvalue weighted by atomic mass is 9.98. The molecule has 0 aliphatic carbocycles. The van der Waals surface area contributed by atoms with Gasteiger partial charge in [0.2, 0.25) is 5.91 Å². The number of aryl methyl sites for hydroxylation is 2. The van der Waals surface area contributed by atoms with E-state index in [0.29, 0.717) is 11.1 Å². The zero-order valence-electron chi connectivity index (χ0n) is 18.2. The van der Waals surface area contributed by atoms with Crippen molar-refractivity contribution in [2.45, 2.75) is 31.7 Å². The Morgan fingerprint density at radius 1 is 0.906 bits per heavy atom. The molecule has 4 rings (SSSR count). The number of nitrogens with one attached hydrogen (secondary N) is 1. The predicted molar refractivity (Wildman–Crippen MR) is 127 cm³/mol.